The van der Waals surface area contributed by atoms with Gasteiger partial charge in [0, 0.05) is 0 Å². The topological polar surface area (TPSA) is 50.1 Å². The van der Waals surface area contributed by atoms with E-state index in [0.29, 0.717) is 11.1 Å². The predicted molar refractivity (Wildman–Crippen MR) is 70.7 cm³/mol. The van der Waals surface area contributed by atoms with Gasteiger partial charge in [-0.1, -0.05) is 18.2 Å². The molecule has 1 aromatic rings. The number of ether oxygens (including phenoxy) is 1. The Morgan fingerprint density at radius 3 is 2.22 bits per heavy atom. The first-order chi connectivity index (χ1) is 8.37. The average Bonchev–Trinajstić information content (AvgIpc) is 2.28. The molecule has 1 aromatic carbocycles. The van der Waals surface area contributed by atoms with Crippen LogP contribution in [0.25, 0.3) is 5.57 Å². The van der Waals surface area contributed by atoms with E-state index in [9.17, 15) is 4.79 Å². The molecule has 0 saturated carbocycles. The van der Waals surface area contributed by atoms with Crippen molar-refractivity contribution in [3.8, 4) is 6.07 Å². The second-order valence-electron chi connectivity index (χ2n) is 4.89. The molecule has 0 aliphatic carbocycles. The van der Waals surface area contributed by atoms with Crippen molar-refractivity contribution >= 4 is 11.5 Å². The smallest absolute Gasteiger partial charge is 0.338 e. The van der Waals surface area contributed by atoms with Crippen molar-refractivity contribution in [2.45, 2.75) is 33.3 Å². The summed E-state index contributed by atoms with van der Waals surface area (Å²) in [7, 11) is 0. The van der Waals surface area contributed by atoms with E-state index in [1.807, 2.05) is 26.8 Å². The van der Waals surface area contributed by atoms with Crippen LogP contribution in [0, 0.1) is 11.3 Å². The summed E-state index contributed by atoms with van der Waals surface area (Å²) in [6.45, 7) is 7.28. The third-order valence-electron chi connectivity index (χ3n) is 2.23. The fraction of sp³-hybridized carbons (Fsp3) is 0.333. The molecule has 0 aliphatic heterocycles. The number of nitrogens with zero attached hydrogens (tertiary/aromatic N) is 1. The number of carbonyl (C=O) groups excluding carboxylic acids is 1. The second-order valence-corrected chi connectivity index (χ2v) is 4.89. The summed E-state index contributed by atoms with van der Waals surface area (Å²) in [5.41, 5.74) is 1.32. The van der Waals surface area contributed by atoms with E-state index >= 15 is 0 Å². The van der Waals surface area contributed by atoms with Crippen LogP contribution in [-0.4, -0.2) is 11.6 Å². The SMILES string of the molecule is CC=C(C(=O)OC(C)(C)C)c1ccc(C#N)cc1. The summed E-state index contributed by atoms with van der Waals surface area (Å²) in [5.74, 6) is -0.352. The lowest BCUT2D eigenvalue weighted by molar-refractivity contribution is -0.147. The minimum absolute atomic E-state index is 0.352. The van der Waals surface area contributed by atoms with Crippen LogP contribution in [0.5, 0.6) is 0 Å². The monoisotopic (exact) mass is 243 g/mol. The van der Waals surface area contributed by atoms with E-state index in [-0.39, 0.29) is 5.97 Å². The lowest BCUT2D eigenvalue weighted by atomic mass is 10.0. The summed E-state index contributed by atoms with van der Waals surface area (Å²) in [5, 5.41) is 8.73. The van der Waals surface area contributed by atoms with Crippen molar-refractivity contribution in [3.05, 3.63) is 41.5 Å². The summed E-state index contributed by atoms with van der Waals surface area (Å²) in [6.07, 6.45) is 1.72. The molecule has 0 atom stereocenters. The number of allylic oxidation sites excluding steroid dienone is 1. The zero-order valence-electron chi connectivity index (χ0n) is 11.2. The summed E-state index contributed by atoms with van der Waals surface area (Å²) in [6, 6.07) is 8.91. The van der Waals surface area contributed by atoms with Crippen molar-refractivity contribution in [1.29, 1.82) is 5.26 Å². The van der Waals surface area contributed by atoms with Gasteiger partial charge in [0.1, 0.15) is 5.60 Å². The Morgan fingerprint density at radius 2 is 1.83 bits per heavy atom. The van der Waals surface area contributed by atoms with Gasteiger partial charge in [-0.15, -0.1) is 0 Å². The minimum Gasteiger partial charge on any atom is -0.456 e. The molecule has 0 saturated heterocycles. The first-order valence-electron chi connectivity index (χ1n) is 5.77. The van der Waals surface area contributed by atoms with Crippen LogP contribution in [0.3, 0.4) is 0 Å². The van der Waals surface area contributed by atoms with Crippen LogP contribution < -0.4 is 0 Å². The molecule has 0 fully saturated rings. The maximum absolute atomic E-state index is 12.0. The standard InChI is InChI=1S/C15H17NO2/c1-5-13(14(17)18-15(2,3)4)12-8-6-11(10-16)7-9-12/h5-9H,1-4H3. The molecule has 1 rings (SSSR count). The van der Waals surface area contributed by atoms with Crippen molar-refractivity contribution < 1.29 is 9.53 Å². The Bertz CT molecular complexity index is 499. The van der Waals surface area contributed by atoms with E-state index in [4.69, 9.17) is 10.00 Å². The van der Waals surface area contributed by atoms with Gasteiger partial charge in [0.2, 0.25) is 0 Å². The van der Waals surface area contributed by atoms with E-state index < -0.39 is 5.60 Å². The number of benzene rings is 1. The number of hydrogen-bond acceptors (Lipinski definition) is 3. The highest BCUT2D eigenvalue weighted by Gasteiger charge is 2.20. The third kappa shape index (κ3) is 3.74. The maximum Gasteiger partial charge on any atom is 0.338 e. The van der Waals surface area contributed by atoms with E-state index in [1.54, 1.807) is 37.3 Å². The Hall–Kier alpha value is -2.08. The van der Waals surface area contributed by atoms with Crippen LogP contribution in [0.15, 0.2) is 30.3 Å². The number of rotatable bonds is 2. The molecule has 3 nitrogen and oxygen atoms in total. The number of carbonyl (C=O) groups is 1. The molecule has 18 heavy (non-hydrogen) atoms. The van der Waals surface area contributed by atoms with Gasteiger partial charge in [0.15, 0.2) is 0 Å². The molecule has 0 bridgehead atoms. The number of hydrogen-bond donors (Lipinski definition) is 0. The lowest BCUT2D eigenvalue weighted by Gasteiger charge is -2.20. The Balaban J connectivity index is 2.97. The third-order valence-corrected chi connectivity index (χ3v) is 2.23. The van der Waals surface area contributed by atoms with Crippen LogP contribution in [0.1, 0.15) is 38.8 Å². The molecule has 0 spiro atoms. The molecule has 3 heteroatoms. The molecular weight excluding hydrogens is 226 g/mol. The number of nitriles is 1. The molecule has 94 valence electrons. The van der Waals surface area contributed by atoms with Crippen molar-refractivity contribution in [1.82, 2.24) is 0 Å². The van der Waals surface area contributed by atoms with Gasteiger partial charge in [-0.05, 0) is 45.4 Å². The fourth-order valence-electron chi connectivity index (χ4n) is 1.46. The summed E-state index contributed by atoms with van der Waals surface area (Å²) < 4.78 is 5.33. The van der Waals surface area contributed by atoms with Gasteiger partial charge in [-0.25, -0.2) is 4.79 Å². The van der Waals surface area contributed by atoms with E-state index in [1.165, 1.54) is 0 Å². The molecular formula is C15H17NO2. The first-order valence-corrected chi connectivity index (χ1v) is 5.77. The van der Waals surface area contributed by atoms with Crippen LogP contribution >= 0.6 is 0 Å². The highest BCUT2D eigenvalue weighted by molar-refractivity contribution is 6.16. The Kier molecular flexibility index (Phi) is 4.28. The zero-order valence-corrected chi connectivity index (χ0v) is 11.2. The lowest BCUT2D eigenvalue weighted by Crippen LogP contribution is -2.24. The summed E-state index contributed by atoms with van der Waals surface area (Å²) in [4.78, 5) is 12.0. The quantitative estimate of drug-likeness (QED) is 0.591. The van der Waals surface area contributed by atoms with Crippen molar-refractivity contribution in [2.24, 2.45) is 0 Å². The van der Waals surface area contributed by atoms with Crippen LogP contribution in [-0.2, 0) is 9.53 Å². The second kappa shape index (κ2) is 5.50. The van der Waals surface area contributed by atoms with Crippen LogP contribution in [0.2, 0.25) is 0 Å². The van der Waals surface area contributed by atoms with Gasteiger partial charge >= 0.3 is 5.97 Å². The highest BCUT2D eigenvalue weighted by atomic mass is 16.6. The highest BCUT2D eigenvalue weighted by Crippen LogP contribution is 2.20. The van der Waals surface area contributed by atoms with Gasteiger partial charge < -0.3 is 4.74 Å². The number of esters is 1. The van der Waals surface area contributed by atoms with Gasteiger partial charge in [-0.3, -0.25) is 0 Å². The largest absolute Gasteiger partial charge is 0.456 e. The fourth-order valence-corrected chi connectivity index (χ4v) is 1.46. The maximum atomic E-state index is 12.0. The van der Waals surface area contributed by atoms with Crippen molar-refractivity contribution in [3.63, 3.8) is 0 Å². The van der Waals surface area contributed by atoms with E-state index in [0.717, 1.165) is 5.56 Å². The summed E-state index contributed by atoms with van der Waals surface area (Å²) >= 11 is 0. The molecule has 0 amide bonds. The average molecular weight is 243 g/mol. The van der Waals surface area contributed by atoms with Gasteiger partial charge in [0.05, 0.1) is 17.2 Å². The molecule has 0 aromatic heterocycles. The molecule has 0 radical (unpaired) electrons. The Labute approximate surface area is 108 Å². The predicted octanol–water partition coefficient (Wildman–Crippen LogP) is 3.30. The molecule has 0 N–H and O–H groups in total. The molecule has 0 aliphatic rings. The van der Waals surface area contributed by atoms with E-state index in [2.05, 4.69) is 0 Å². The van der Waals surface area contributed by atoms with Crippen LogP contribution in [0.4, 0.5) is 0 Å². The van der Waals surface area contributed by atoms with Gasteiger partial charge in [-0.2, -0.15) is 5.26 Å². The van der Waals surface area contributed by atoms with Crippen molar-refractivity contribution in [2.75, 3.05) is 0 Å². The van der Waals surface area contributed by atoms with Gasteiger partial charge in [0.25, 0.3) is 0 Å². The normalized spacial score (nSPS) is 11.8. The minimum atomic E-state index is -0.516. The first kappa shape index (κ1) is 14.0. The zero-order chi connectivity index (χ0) is 13.8. The Morgan fingerprint density at radius 1 is 1.28 bits per heavy atom. The molecule has 0 heterocycles. The molecule has 0 unspecified atom stereocenters.